The fraction of sp³-hybridized carbons (Fsp3) is 0.222. The SMILES string of the molecule is Cc1ccccc1-c1ccccc1C(=O)Nc1ccc(C(=O)N2CCC(=O)N(CC(=O)OCCN(C)C)c3ccccc32)cc1. The molecule has 0 unspecified atom stereocenters. The quantitative estimate of drug-likeness (QED) is 0.257. The Kier molecular flexibility index (Phi) is 9.70. The van der Waals surface area contributed by atoms with E-state index in [1.807, 2.05) is 68.4 Å². The molecule has 4 aromatic carbocycles. The Morgan fingerprint density at radius 2 is 1.47 bits per heavy atom. The van der Waals surface area contributed by atoms with Gasteiger partial charge < -0.3 is 19.9 Å². The van der Waals surface area contributed by atoms with E-state index in [0.29, 0.717) is 34.7 Å². The van der Waals surface area contributed by atoms with Crippen LogP contribution in [0.1, 0.15) is 32.7 Å². The van der Waals surface area contributed by atoms with Crippen LogP contribution in [0.15, 0.2) is 97.1 Å². The second-order valence-electron chi connectivity index (χ2n) is 11.1. The Balaban J connectivity index is 1.32. The highest BCUT2D eigenvalue weighted by Crippen LogP contribution is 2.34. The van der Waals surface area contributed by atoms with Gasteiger partial charge in [0.2, 0.25) is 5.91 Å². The maximum absolute atomic E-state index is 13.8. The largest absolute Gasteiger partial charge is 0.463 e. The highest BCUT2D eigenvalue weighted by molar-refractivity contribution is 6.12. The number of carbonyl (C=O) groups is 4. The van der Waals surface area contributed by atoms with Crippen LogP contribution in [-0.4, -0.2) is 68.9 Å². The minimum atomic E-state index is -0.515. The lowest BCUT2D eigenvalue weighted by Gasteiger charge is -2.25. The van der Waals surface area contributed by atoms with Gasteiger partial charge in [0.25, 0.3) is 11.8 Å². The molecule has 0 aromatic heterocycles. The van der Waals surface area contributed by atoms with Crippen LogP contribution in [0.5, 0.6) is 0 Å². The molecule has 0 aliphatic carbocycles. The third-order valence-corrected chi connectivity index (χ3v) is 7.64. The highest BCUT2D eigenvalue weighted by Gasteiger charge is 2.31. The maximum Gasteiger partial charge on any atom is 0.326 e. The molecule has 4 aromatic rings. The third-order valence-electron chi connectivity index (χ3n) is 7.64. The zero-order valence-electron chi connectivity index (χ0n) is 25.7. The zero-order chi connectivity index (χ0) is 31.9. The van der Waals surface area contributed by atoms with Gasteiger partial charge in [-0.25, -0.2) is 0 Å². The molecule has 0 bridgehead atoms. The number of amides is 3. The number of fused-ring (bicyclic) bond motifs is 1. The van der Waals surface area contributed by atoms with Gasteiger partial charge in [-0.1, -0.05) is 54.6 Å². The Labute approximate surface area is 263 Å². The molecule has 1 aliphatic rings. The first-order chi connectivity index (χ1) is 21.7. The van der Waals surface area contributed by atoms with Crippen molar-refractivity contribution < 1.29 is 23.9 Å². The van der Waals surface area contributed by atoms with Gasteiger partial charge in [-0.2, -0.15) is 0 Å². The van der Waals surface area contributed by atoms with E-state index in [1.54, 1.807) is 59.5 Å². The minimum Gasteiger partial charge on any atom is -0.463 e. The number of rotatable bonds is 9. The number of nitrogens with one attached hydrogen (secondary N) is 1. The smallest absolute Gasteiger partial charge is 0.326 e. The molecule has 1 aliphatic heterocycles. The molecule has 1 heterocycles. The number of anilines is 3. The van der Waals surface area contributed by atoms with E-state index in [0.717, 1.165) is 16.7 Å². The average Bonchev–Trinajstić information content (AvgIpc) is 3.17. The van der Waals surface area contributed by atoms with Gasteiger partial charge in [0, 0.05) is 36.3 Å². The number of esters is 1. The van der Waals surface area contributed by atoms with Crippen molar-refractivity contribution in [2.45, 2.75) is 13.3 Å². The summed E-state index contributed by atoms with van der Waals surface area (Å²) in [7, 11) is 3.76. The molecule has 0 spiro atoms. The van der Waals surface area contributed by atoms with Crippen molar-refractivity contribution in [3.63, 3.8) is 0 Å². The van der Waals surface area contributed by atoms with Crippen LogP contribution in [0, 0.1) is 6.92 Å². The molecule has 230 valence electrons. The molecule has 1 N–H and O–H groups in total. The van der Waals surface area contributed by atoms with E-state index < -0.39 is 5.97 Å². The van der Waals surface area contributed by atoms with E-state index in [4.69, 9.17) is 4.74 Å². The number of aryl methyl sites for hydroxylation is 1. The fourth-order valence-electron chi connectivity index (χ4n) is 5.26. The van der Waals surface area contributed by atoms with E-state index in [-0.39, 0.29) is 43.8 Å². The molecule has 0 saturated carbocycles. The first-order valence-electron chi connectivity index (χ1n) is 14.8. The first kappa shape index (κ1) is 31.2. The van der Waals surface area contributed by atoms with Gasteiger partial charge in [0.15, 0.2) is 0 Å². The van der Waals surface area contributed by atoms with Gasteiger partial charge in [-0.3, -0.25) is 24.1 Å². The molecule has 0 radical (unpaired) electrons. The van der Waals surface area contributed by atoms with Crippen molar-refractivity contribution in [1.29, 1.82) is 0 Å². The maximum atomic E-state index is 13.8. The molecular formula is C36H36N4O5. The van der Waals surface area contributed by atoms with Gasteiger partial charge >= 0.3 is 5.97 Å². The molecule has 0 saturated heterocycles. The normalized spacial score (nSPS) is 12.8. The van der Waals surface area contributed by atoms with Crippen molar-refractivity contribution in [2.75, 3.05) is 55.5 Å². The van der Waals surface area contributed by atoms with E-state index in [9.17, 15) is 19.2 Å². The number of hydrogen-bond acceptors (Lipinski definition) is 6. The number of ether oxygens (including phenoxy) is 1. The van der Waals surface area contributed by atoms with E-state index in [2.05, 4.69) is 5.32 Å². The summed E-state index contributed by atoms with van der Waals surface area (Å²) < 4.78 is 5.32. The van der Waals surface area contributed by atoms with E-state index >= 15 is 0 Å². The number of hydrogen-bond donors (Lipinski definition) is 1. The lowest BCUT2D eigenvalue weighted by Crippen LogP contribution is -2.36. The van der Waals surface area contributed by atoms with Crippen molar-refractivity contribution in [3.05, 3.63) is 114 Å². The number of likely N-dealkylation sites (N-methyl/N-ethyl adjacent to an activating group) is 1. The summed E-state index contributed by atoms with van der Waals surface area (Å²) in [6.07, 6.45) is 0.0415. The molecular weight excluding hydrogens is 568 g/mol. The summed E-state index contributed by atoms with van der Waals surface area (Å²) in [5.41, 5.74) is 5.37. The Bertz CT molecular complexity index is 1720. The molecule has 0 atom stereocenters. The molecule has 5 rings (SSSR count). The van der Waals surface area contributed by atoms with Crippen molar-refractivity contribution in [2.24, 2.45) is 0 Å². The predicted molar refractivity (Wildman–Crippen MR) is 176 cm³/mol. The Hall–Kier alpha value is -5.28. The summed E-state index contributed by atoms with van der Waals surface area (Å²) in [5.74, 6) is -1.34. The minimum absolute atomic E-state index is 0.0415. The summed E-state index contributed by atoms with van der Waals surface area (Å²) >= 11 is 0. The molecule has 0 fully saturated rings. The van der Waals surface area contributed by atoms with Gasteiger partial charge in [0.05, 0.1) is 11.4 Å². The molecule has 3 amide bonds. The van der Waals surface area contributed by atoms with Crippen LogP contribution in [0.2, 0.25) is 0 Å². The topological polar surface area (TPSA) is 99.3 Å². The number of benzene rings is 4. The van der Waals surface area contributed by atoms with Crippen LogP contribution in [0.4, 0.5) is 17.1 Å². The molecule has 9 nitrogen and oxygen atoms in total. The zero-order valence-corrected chi connectivity index (χ0v) is 25.7. The number of nitrogens with zero attached hydrogens (tertiary/aromatic N) is 3. The van der Waals surface area contributed by atoms with Crippen LogP contribution in [0.25, 0.3) is 11.1 Å². The number of para-hydroxylation sites is 2. The van der Waals surface area contributed by atoms with Gasteiger partial charge in [-0.05, 0) is 80.2 Å². The second-order valence-corrected chi connectivity index (χ2v) is 11.1. The van der Waals surface area contributed by atoms with Crippen molar-refractivity contribution in [3.8, 4) is 11.1 Å². The molecule has 9 heteroatoms. The number of carbonyl (C=O) groups excluding carboxylic acids is 4. The van der Waals surface area contributed by atoms with Crippen LogP contribution in [-0.2, 0) is 14.3 Å². The van der Waals surface area contributed by atoms with Crippen molar-refractivity contribution >= 4 is 40.8 Å². The summed E-state index contributed by atoms with van der Waals surface area (Å²) in [6.45, 7) is 2.70. The average molecular weight is 605 g/mol. The van der Waals surface area contributed by atoms with Gasteiger partial charge in [0.1, 0.15) is 13.2 Å². The van der Waals surface area contributed by atoms with E-state index in [1.165, 1.54) is 4.90 Å². The fourth-order valence-corrected chi connectivity index (χ4v) is 5.26. The lowest BCUT2D eigenvalue weighted by atomic mass is 9.95. The molecule has 45 heavy (non-hydrogen) atoms. The van der Waals surface area contributed by atoms with Crippen LogP contribution < -0.4 is 15.1 Å². The second kappa shape index (κ2) is 14.0. The predicted octanol–water partition coefficient (Wildman–Crippen LogP) is 5.40. The Morgan fingerprint density at radius 3 is 2.18 bits per heavy atom. The summed E-state index contributed by atoms with van der Waals surface area (Å²) in [5, 5.41) is 2.95. The van der Waals surface area contributed by atoms with Crippen LogP contribution in [0.3, 0.4) is 0 Å². The van der Waals surface area contributed by atoms with Crippen molar-refractivity contribution in [1.82, 2.24) is 4.90 Å². The summed E-state index contributed by atoms with van der Waals surface area (Å²) in [6, 6.07) is 29.1. The van der Waals surface area contributed by atoms with Gasteiger partial charge in [-0.15, -0.1) is 0 Å². The highest BCUT2D eigenvalue weighted by atomic mass is 16.5. The Morgan fingerprint density at radius 1 is 0.822 bits per heavy atom. The van der Waals surface area contributed by atoms with Crippen LogP contribution >= 0.6 is 0 Å². The standard InChI is InChI=1S/C36H36N4O5/c1-25-10-4-5-11-28(25)29-12-6-7-13-30(29)35(43)37-27-18-16-26(17-19-27)36(44)39-21-20-33(41)40(32-15-9-8-14-31(32)39)24-34(42)45-23-22-38(2)3/h4-19H,20-24H2,1-3H3,(H,37,43). The summed E-state index contributed by atoms with van der Waals surface area (Å²) in [4.78, 5) is 57.6. The first-order valence-corrected chi connectivity index (χ1v) is 14.8. The lowest BCUT2D eigenvalue weighted by molar-refractivity contribution is -0.143. The third kappa shape index (κ3) is 7.27. The monoisotopic (exact) mass is 604 g/mol.